The first-order valence-corrected chi connectivity index (χ1v) is 6.63. The smallest absolute Gasteiger partial charge is 0.225 e. The van der Waals surface area contributed by atoms with Crippen LogP contribution < -0.4 is 5.32 Å². The minimum Gasteiger partial charge on any atom is -0.309 e. The minimum atomic E-state index is -0.000701. The van der Waals surface area contributed by atoms with Gasteiger partial charge in [0.2, 0.25) is 5.91 Å². The lowest BCUT2D eigenvalue weighted by Crippen LogP contribution is -2.11. The zero-order valence-electron chi connectivity index (χ0n) is 10.8. The van der Waals surface area contributed by atoms with E-state index in [1.54, 1.807) is 10.7 Å². The standard InChI is InChI=1S/C14H16ClN3O/c1-2-3-14(19)16-13-8-9-18(17-13)10-11-4-6-12(15)7-5-11/h4-9H,2-3,10H2,1H3,(H,16,17,19). The Morgan fingerprint density at radius 2 is 2.05 bits per heavy atom. The Morgan fingerprint density at radius 1 is 1.32 bits per heavy atom. The van der Waals surface area contributed by atoms with Gasteiger partial charge in [0.15, 0.2) is 5.82 Å². The third-order valence-electron chi connectivity index (χ3n) is 2.64. The maximum Gasteiger partial charge on any atom is 0.225 e. The molecule has 0 aliphatic heterocycles. The summed E-state index contributed by atoms with van der Waals surface area (Å²) < 4.78 is 1.78. The van der Waals surface area contributed by atoms with Crippen LogP contribution in [0.4, 0.5) is 5.82 Å². The van der Waals surface area contributed by atoms with Crippen molar-refractivity contribution < 1.29 is 4.79 Å². The van der Waals surface area contributed by atoms with Crippen LogP contribution in [0.5, 0.6) is 0 Å². The second kappa shape index (κ2) is 6.38. The van der Waals surface area contributed by atoms with Crippen molar-refractivity contribution >= 4 is 23.3 Å². The van der Waals surface area contributed by atoms with E-state index in [4.69, 9.17) is 11.6 Å². The molecule has 0 atom stereocenters. The largest absolute Gasteiger partial charge is 0.309 e. The topological polar surface area (TPSA) is 46.9 Å². The van der Waals surface area contributed by atoms with Gasteiger partial charge < -0.3 is 5.32 Å². The van der Waals surface area contributed by atoms with Crippen molar-refractivity contribution in [1.82, 2.24) is 9.78 Å². The Bertz CT molecular complexity index is 548. The van der Waals surface area contributed by atoms with Gasteiger partial charge in [0.25, 0.3) is 0 Å². The number of halogens is 1. The number of nitrogens with zero attached hydrogens (tertiary/aromatic N) is 2. The predicted octanol–water partition coefficient (Wildman–Crippen LogP) is 3.32. The fourth-order valence-electron chi connectivity index (χ4n) is 1.73. The monoisotopic (exact) mass is 277 g/mol. The van der Waals surface area contributed by atoms with Crippen LogP contribution in [0.25, 0.3) is 0 Å². The van der Waals surface area contributed by atoms with Crippen molar-refractivity contribution in [2.24, 2.45) is 0 Å². The van der Waals surface area contributed by atoms with Crippen LogP contribution in [-0.2, 0) is 11.3 Å². The Kier molecular flexibility index (Phi) is 4.58. The van der Waals surface area contributed by atoms with E-state index < -0.39 is 0 Å². The zero-order valence-corrected chi connectivity index (χ0v) is 11.5. The zero-order chi connectivity index (χ0) is 13.7. The number of aromatic nitrogens is 2. The molecule has 5 heteroatoms. The van der Waals surface area contributed by atoms with Crippen LogP contribution in [-0.4, -0.2) is 15.7 Å². The summed E-state index contributed by atoms with van der Waals surface area (Å²) >= 11 is 5.84. The summed E-state index contributed by atoms with van der Waals surface area (Å²) in [7, 11) is 0. The normalized spacial score (nSPS) is 10.4. The first-order valence-electron chi connectivity index (χ1n) is 6.25. The first kappa shape index (κ1) is 13.6. The molecule has 0 spiro atoms. The third kappa shape index (κ3) is 4.10. The molecular weight excluding hydrogens is 262 g/mol. The van der Waals surface area contributed by atoms with E-state index in [1.165, 1.54) is 0 Å². The summed E-state index contributed by atoms with van der Waals surface area (Å²) in [5.74, 6) is 0.589. The van der Waals surface area contributed by atoms with E-state index in [9.17, 15) is 4.79 Å². The molecule has 0 saturated carbocycles. The van der Waals surface area contributed by atoms with Gasteiger partial charge in [-0.3, -0.25) is 9.48 Å². The van der Waals surface area contributed by atoms with Crippen LogP contribution >= 0.6 is 11.6 Å². The average molecular weight is 278 g/mol. The number of rotatable bonds is 5. The van der Waals surface area contributed by atoms with Gasteiger partial charge in [-0.2, -0.15) is 5.10 Å². The van der Waals surface area contributed by atoms with Gasteiger partial charge in [0, 0.05) is 23.7 Å². The molecule has 4 nitrogen and oxygen atoms in total. The molecule has 2 rings (SSSR count). The number of nitrogens with one attached hydrogen (secondary N) is 1. The average Bonchev–Trinajstić information content (AvgIpc) is 2.80. The molecule has 1 aromatic heterocycles. The maximum absolute atomic E-state index is 11.4. The summed E-state index contributed by atoms with van der Waals surface area (Å²) in [4.78, 5) is 11.4. The van der Waals surface area contributed by atoms with Crippen molar-refractivity contribution in [1.29, 1.82) is 0 Å². The second-order valence-corrected chi connectivity index (χ2v) is 4.76. The Balaban J connectivity index is 1.97. The molecule has 100 valence electrons. The van der Waals surface area contributed by atoms with Crippen molar-refractivity contribution in [3.63, 3.8) is 0 Å². The molecule has 19 heavy (non-hydrogen) atoms. The van der Waals surface area contributed by atoms with Gasteiger partial charge in [-0.05, 0) is 24.1 Å². The fourth-order valence-corrected chi connectivity index (χ4v) is 1.85. The number of hydrogen-bond donors (Lipinski definition) is 1. The Hall–Kier alpha value is -1.81. The molecule has 2 aromatic rings. The van der Waals surface area contributed by atoms with Crippen LogP contribution in [0.1, 0.15) is 25.3 Å². The molecule has 1 heterocycles. The number of hydrogen-bond acceptors (Lipinski definition) is 2. The van der Waals surface area contributed by atoms with Crippen LogP contribution in [0.15, 0.2) is 36.5 Å². The van der Waals surface area contributed by atoms with E-state index >= 15 is 0 Å². The van der Waals surface area contributed by atoms with Crippen molar-refractivity contribution in [3.05, 3.63) is 47.1 Å². The van der Waals surface area contributed by atoms with Gasteiger partial charge >= 0.3 is 0 Å². The van der Waals surface area contributed by atoms with Gasteiger partial charge in [-0.1, -0.05) is 30.7 Å². The highest BCUT2D eigenvalue weighted by Gasteiger charge is 2.04. The van der Waals surface area contributed by atoms with Crippen LogP contribution in [0.2, 0.25) is 5.02 Å². The predicted molar refractivity (Wildman–Crippen MR) is 76.3 cm³/mol. The van der Waals surface area contributed by atoms with E-state index in [0.717, 1.165) is 17.0 Å². The van der Waals surface area contributed by atoms with E-state index in [-0.39, 0.29) is 5.91 Å². The molecule has 1 aromatic carbocycles. The lowest BCUT2D eigenvalue weighted by Gasteiger charge is -2.02. The third-order valence-corrected chi connectivity index (χ3v) is 2.90. The number of carbonyl (C=O) groups excluding carboxylic acids is 1. The molecule has 0 aliphatic rings. The first-order chi connectivity index (χ1) is 9.17. The molecule has 0 bridgehead atoms. The van der Waals surface area contributed by atoms with E-state index in [1.807, 2.05) is 37.4 Å². The van der Waals surface area contributed by atoms with Gasteiger partial charge in [-0.15, -0.1) is 0 Å². The highest BCUT2D eigenvalue weighted by Crippen LogP contribution is 2.11. The van der Waals surface area contributed by atoms with Crippen molar-refractivity contribution in [2.75, 3.05) is 5.32 Å². The molecule has 0 aliphatic carbocycles. The SMILES string of the molecule is CCCC(=O)Nc1ccn(Cc2ccc(Cl)cc2)n1. The van der Waals surface area contributed by atoms with Crippen LogP contribution in [0, 0.1) is 0 Å². The van der Waals surface area contributed by atoms with Gasteiger partial charge in [0.1, 0.15) is 0 Å². The summed E-state index contributed by atoms with van der Waals surface area (Å²) in [6.07, 6.45) is 3.19. The van der Waals surface area contributed by atoms with Crippen molar-refractivity contribution in [2.45, 2.75) is 26.3 Å². The van der Waals surface area contributed by atoms with Crippen molar-refractivity contribution in [3.8, 4) is 0 Å². The molecule has 1 N–H and O–H groups in total. The molecule has 1 amide bonds. The summed E-state index contributed by atoms with van der Waals surface area (Å²) in [6, 6.07) is 9.41. The van der Waals surface area contributed by atoms with E-state index in [0.29, 0.717) is 18.8 Å². The summed E-state index contributed by atoms with van der Waals surface area (Å²) in [5.41, 5.74) is 1.11. The summed E-state index contributed by atoms with van der Waals surface area (Å²) in [6.45, 7) is 2.62. The lowest BCUT2D eigenvalue weighted by atomic mass is 10.2. The second-order valence-electron chi connectivity index (χ2n) is 4.32. The molecule has 0 unspecified atom stereocenters. The minimum absolute atomic E-state index is 0.000701. The van der Waals surface area contributed by atoms with Crippen LogP contribution in [0.3, 0.4) is 0 Å². The number of amides is 1. The number of benzene rings is 1. The quantitative estimate of drug-likeness (QED) is 0.911. The molecular formula is C14H16ClN3O. The highest BCUT2D eigenvalue weighted by molar-refractivity contribution is 6.30. The van der Waals surface area contributed by atoms with E-state index in [2.05, 4.69) is 10.4 Å². The fraction of sp³-hybridized carbons (Fsp3) is 0.286. The lowest BCUT2D eigenvalue weighted by molar-refractivity contribution is -0.116. The Morgan fingerprint density at radius 3 is 2.74 bits per heavy atom. The number of carbonyl (C=O) groups is 1. The van der Waals surface area contributed by atoms with Gasteiger partial charge in [-0.25, -0.2) is 0 Å². The highest BCUT2D eigenvalue weighted by atomic mass is 35.5. The summed E-state index contributed by atoms with van der Waals surface area (Å²) in [5, 5.41) is 7.79. The number of anilines is 1. The maximum atomic E-state index is 11.4. The Labute approximate surface area is 117 Å². The molecule has 0 radical (unpaired) electrons. The molecule has 0 fully saturated rings. The molecule has 0 saturated heterocycles. The van der Waals surface area contributed by atoms with Gasteiger partial charge in [0.05, 0.1) is 6.54 Å².